The fraction of sp³-hybridized carbons (Fsp3) is 0.571. The van der Waals surface area contributed by atoms with Crippen molar-refractivity contribution in [1.82, 2.24) is 5.32 Å². The van der Waals surface area contributed by atoms with Crippen LogP contribution >= 0.6 is 11.6 Å². The highest BCUT2D eigenvalue weighted by Crippen LogP contribution is 2.35. The van der Waals surface area contributed by atoms with Gasteiger partial charge in [0.15, 0.2) is 0 Å². The van der Waals surface area contributed by atoms with Gasteiger partial charge in [0.2, 0.25) is 0 Å². The summed E-state index contributed by atoms with van der Waals surface area (Å²) in [6.07, 6.45) is 4.18. The van der Waals surface area contributed by atoms with E-state index in [4.69, 9.17) is 16.3 Å². The highest BCUT2D eigenvalue weighted by Gasteiger charge is 2.40. The normalized spacial score (nSPS) is 31.8. The van der Waals surface area contributed by atoms with Crippen molar-refractivity contribution in [3.63, 3.8) is 0 Å². The number of hydrogen-bond acceptors (Lipinski definition) is 2. The molecule has 1 N–H and O–H groups in total. The van der Waals surface area contributed by atoms with Crippen LogP contribution in [0.5, 0.6) is 0 Å². The molecule has 2 heterocycles. The second kappa shape index (κ2) is 4.80. The lowest BCUT2D eigenvalue weighted by Gasteiger charge is -2.25. The first kappa shape index (κ1) is 12.4. The molecule has 2 fully saturated rings. The van der Waals surface area contributed by atoms with Crippen molar-refractivity contribution in [1.29, 1.82) is 0 Å². The zero-order valence-corrected chi connectivity index (χ0v) is 11.1. The monoisotopic (exact) mass is 269 g/mol. The van der Waals surface area contributed by atoms with E-state index in [2.05, 4.69) is 12.2 Å². The smallest absolute Gasteiger partial charge is 0.142 e. The molecule has 0 radical (unpaired) electrons. The zero-order chi connectivity index (χ0) is 12.7. The summed E-state index contributed by atoms with van der Waals surface area (Å²) in [4.78, 5) is 0. The van der Waals surface area contributed by atoms with Crippen molar-refractivity contribution in [3.8, 4) is 0 Å². The summed E-state index contributed by atoms with van der Waals surface area (Å²) >= 11 is 5.69. The predicted molar refractivity (Wildman–Crippen MR) is 69.3 cm³/mol. The Morgan fingerprint density at radius 2 is 2.28 bits per heavy atom. The molecule has 98 valence electrons. The van der Waals surface area contributed by atoms with Gasteiger partial charge in [-0.1, -0.05) is 17.7 Å². The van der Waals surface area contributed by atoms with Gasteiger partial charge < -0.3 is 10.1 Å². The van der Waals surface area contributed by atoms with Crippen LogP contribution in [0.1, 0.15) is 37.8 Å². The fourth-order valence-electron chi connectivity index (χ4n) is 3.01. The van der Waals surface area contributed by atoms with Gasteiger partial charge in [-0.2, -0.15) is 0 Å². The number of hydrogen-bond donors (Lipinski definition) is 1. The molecule has 2 nitrogen and oxygen atoms in total. The number of rotatable bonds is 3. The lowest BCUT2D eigenvalue weighted by molar-refractivity contribution is 0.0962. The van der Waals surface area contributed by atoms with Crippen molar-refractivity contribution < 1.29 is 9.13 Å². The van der Waals surface area contributed by atoms with Crippen LogP contribution in [0.15, 0.2) is 18.2 Å². The van der Waals surface area contributed by atoms with E-state index in [1.807, 2.05) is 6.07 Å². The average molecular weight is 270 g/mol. The lowest BCUT2D eigenvalue weighted by Crippen LogP contribution is -2.39. The summed E-state index contributed by atoms with van der Waals surface area (Å²) < 4.78 is 19.2. The van der Waals surface area contributed by atoms with E-state index < -0.39 is 0 Å². The molecule has 0 amide bonds. The molecule has 2 bridgehead atoms. The summed E-state index contributed by atoms with van der Waals surface area (Å²) in [5, 5.41) is 3.71. The van der Waals surface area contributed by atoms with Crippen molar-refractivity contribution in [3.05, 3.63) is 34.6 Å². The summed E-state index contributed by atoms with van der Waals surface area (Å²) in [5.74, 6) is -0.355. The third-order valence-electron chi connectivity index (χ3n) is 4.01. The van der Waals surface area contributed by atoms with Crippen molar-refractivity contribution in [2.75, 3.05) is 0 Å². The molecule has 1 aromatic carbocycles. The Balaban J connectivity index is 1.67. The quantitative estimate of drug-likeness (QED) is 0.907. The lowest BCUT2D eigenvalue weighted by atomic mass is 9.94. The van der Waals surface area contributed by atoms with Gasteiger partial charge in [-0.3, -0.25) is 0 Å². The molecule has 0 aromatic heterocycles. The molecule has 4 heteroatoms. The summed E-state index contributed by atoms with van der Waals surface area (Å²) in [6, 6.07) is 5.51. The average Bonchev–Trinajstić information content (AvgIpc) is 2.94. The molecule has 18 heavy (non-hydrogen) atoms. The molecule has 0 spiro atoms. The maximum atomic E-state index is 13.4. The van der Waals surface area contributed by atoms with E-state index in [0.717, 1.165) is 18.4 Å². The topological polar surface area (TPSA) is 21.3 Å². The number of benzene rings is 1. The second-order valence-corrected chi connectivity index (χ2v) is 5.69. The summed E-state index contributed by atoms with van der Waals surface area (Å²) in [7, 11) is 0. The van der Waals surface area contributed by atoms with Crippen molar-refractivity contribution in [2.24, 2.45) is 0 Å². The van der Waals surface area contributed by atoms with E-state index in [1.54, 1.807) is 6.07 Å². The van der Waals surface area contributed by atoms with Gasteiger partial charge in [0.25, 0.3) is 0 Å². The standard InChI is InChI=1S/C14H17ClFNO/c1-8(9-2-4-11(15)12(16)6-9)17-13-7-10-3-5-14(13)18-10/h2,4,6,8,10,13-14,17H,3,5,7H2,1H3. The molecule has 2 aliphatic heterocycles. The molecule has 2 saturated heterocycles. The first-order valence-electron chi connectivity index (χ1n) is 6.50. The Morgan fingerprint density at radius 3 is 2.89 bits per heavy atom. The van der Waals surface area contributed by atoms with Gasteiger partial charge in [-0.05, 0) is 43.9 Å². The van der Waals surface area contributed by atoms with Crippen LogP contribution in [0.4, 0.5) is 4.39 Å². The molecule has 2 aliphatic rings. The Hall–Kier alpha value is -0.640. The zero-order valence-electron chi connectivity index (χ0n) is 10.3. The van der Waals surface area contributed by atoms with Crippen molar-refractivity contribution >= 4 is 11.6 Å². The Bertz CT molecular complexity index is 453. The maximum absolute atomic E-state index is 13.4. The second-order valence-electron chi connectivity index (χ2n) is 5.28. The number of fused-ring (bicyclic) bond motifs is 2. The van der Waals surface area contributed by atoms with Crippen molar-refractivity contribution in [2.45, 2.75) is 50.5 Å². The minimum absolute atomic E-state index is 0.115. The van der Waals surface area contributed by atoms with Crippen LogP contribution < -0.4 is 5.32 Å². The molecule has 3 rings (SSSR count). The molecule has 0 saturated carbocycles. The minimum atomic E-state index is -0.355. The molecular weight excluding hydrogens is 253 g/mol. The number of ether oxygens (including phenoxy) is 1. The van der Waals surface area contributed by atoms with Gasteiger partial charge in [0.05, 0.1) is 17.2 Å². The van der Waals surface area contributed by atoms with Crippen LogP contribution in [-0.2, 0) is 4.74 Å². The van der Waals surface area contributed by atoms with Gasteiger partial charge in [0, 0.05) is 12.1 Å². The van der Waals surface area contributed by atoms with E-state index >= 15 is 0 Å². The first-order valence-corrected chi connectivity index (χ1v) is 6.88. The molecule has 4 atom stereocenters. The Morgan fingerprint density at radius 1 is 1.44 bits per heavy atom. The van der Waals surface area contributed by atoms with Gasteiger partial charge >= 0.3 is 0 Å². The first-order chi connectivity index (χ1) is 8.63. The number of nitrogens with one attached hydrogen (secondary N) is 1. The molecule has 1 aromatic rings. The number of halogens is 2. The van der Waals surface area contributed by atoms with Crippen LogP contribution in [0.2, 0.25) is 5.02 Å². The van der Waals surface area contributed by atoms with Gasteiger partial charge in [-0.15, -0.1) is 0 Å². The largest absolute Gasteiger partial charge is 0.373 e. The summed E-state index contributed by atoms with van der Waals surface area (Å²) in [5.41, 5.74) is 0.930. The van der Waals surface area contributed by atoms with Crippen LogP contribution in [0, 0.1) is 5.82 Å². The SMILES string of the molecule is CC(NC1CC2CCC1O2)c1ccc(Cl)c(F)c1. The third kappa shape index (κ3) is 2.27. The molecule has 0 aliphatic carbocycles. The highest BCUT2D eigenvalue weighted by atomic mass is 35.5. The van der Waals surface area contributed by atoms with Gasteiger partial charge in [-0.25, -0.2) is 4.39 Å². The highest BCUT2D eigenvalue weighted by molar-refractivity contribution is 6.30. The molecular formula is C14H17ClFNO. The Kier molecular flexibility index (Phi) is 3.31. The van der Waals surface area contributed by atoms with Crippen LogP contribution in [0.3, 0.4) is 0 Å². The van der Waals surface area contributed by atoms with E-state index in [-0.39, 0.29) is 16.9 Å². The maximum Gasteiger partial charge on any atom is 0.142 e. The minimum Gasteiger partial charge on any atom is -0.373 e. The third-order valence-corrected chi connectivity index (χ3v) is 4.32. The van der Waals surface area contributed by atoms with Crippen LogP contribution in [-0.4, -0.2) is 18.2 Å². The van der Waals surface area contributed by atoms with E-state index in [1.165, 1.54) is 12.5 Å². The fourth-order valence-corrected chi connectivity index (χ4v) is 3.13. The van der Waals surface area contributed by atoms with Gasteiger partial charge in [0.1, 0.15) is 5.82 Å². The van der Waals surface area contributed by atoms with E-state index in [0.29, 0.717) is 18.2 Å². The van der Waals surface area contributed by atoms with Crippen LogP contribution in [0.25, 0.3) is 0 Å². The van der Waals surface area contributed by atoms with E-state index in [9.17, 15) is 4.39 Å². The Labute approximate surface area is 111 Å². The predicted octanol–water partition coefficient (Wildman–Crippen LogP) is 3.45. The molecule has 4 unspecified atom stereocenters. The summed E-state index contributed by atoms with van der Waals surface area (Å²) in [6.45, 7) is 2.05.